The van der Waals surface area contributed by atoms with Crippen molar-refractivity contribution in [2.24, 2.45) is 12.8 Å². The molecule has 16 heavy (non-hydrogen) atoms. The van der Waals surface area contributed by atoms with E-state index in [0.29, 0.717) is 13.0 Å². The van der Waals surface area contributed by atoms with Gasteiger partial charge in [-0.15, -0.1) is 0 Å². The summed E-state index contributed by atoms with van der Waals surface area (Å²) in [4.78, 5) is 0.186. The molecule has 92 valence electrons. The molecule has 1 rings (SSSR count). The summed E-state index contributed by atoms with van der Waals surface area (Å²) in [6.07, 6.45) is 4.15. The Morgan fingerprint density at radius 3 is 2.75 bits per heavy atom. The van der Waals surface area contributed by atoms with Crippen molar-refractivity contribution in [2.45, 2.75) is 30.7 Å². The monoisotopic (exact) mass is 246 g/mol. The van der Waals surface area contributed by atoms with Crippen molar-refractivity contribution in [1.29, 1.82) is 0 Å². The first-order valence-corrected chi connectivity index (χ1v) is 6.69. The molecule has 1 aromatic heterocycles. The van der Waals surface area contributed by atoms with Crippen molar-refractivity contribution in [2.75, 3.05) is 6.54 Å². The summed E-state index contributed by atoms with van der Waals surface area (Å²) in [5.41, 5.74) is 5.42. The fourth-order valence-corrected chi connectivity index (χ4v) is 2.71. The molecule has 0 aliphatic rings. The van der Waals surface area contributed by atoms with E-state index in [-0.39, 0.29) is 10.9 Å². The summed E-state index contributed by atoms with van der Waals surface area (Å²) in [5.74, 6) is 0. The summed E-state index contributed by atoms with van der Waals surface area (Å²) in [6, 6.07) is -0.116. The number of nitrogens with one attached hydrogen (secondary N) is 1. The van der Waals surface area contributed by atoms with Gasteiger partial charge in [0.25, 0.3) is 0 Å². The third-order valence-electron chi connectivity index (χ3n) is 2.32. The van der Waals surface area contributed by atoms with Crippen molar-refractivity contribution < 1.29 is 8.42 Å². The fourth-order valence-electron chi connectivity index (χ4n) is 1.37. The topological polar surface area (TPSA) is 90.0 Å². The maximum atomic E-state index is 11.9. The number of hydrogen-bond acceptors (Lipinski definition) is 4. The van der Waals surface area contributed by atoms with E-state index in [1.54, 1.807) is 7.05 Å². The van der Waals surface area contributed by atoms with E-state index in [4.69, 9.17) is 5.73 Å². The van der Waals surface area contributed by atoms with E-state index in [1.807, 2.05) is 6.92 Å². The molecule has 6 nitrogen and oxygen atoms in total. The first-order chi connectivity index (χ1) is 7.49. The van der Waals surface area contributed by atoms with Crippen molar-refractivity contribution in [3.8, 4) is 0 Å². The van der Waals surface area contributed by atoms with Crippen LogP contribution in [0.2, 0.25) is 0 Å². The standard InChI is InChI=1S/C9H18N4O2S/c1-3-8(4-5-10)12-16(14,15)9-6-11-13(2)7-9/h6-8,12H,3-5,10H2,1-2H3. The van der Waals surface area contributed by atoms with Gasteiger partial charge in [-0.1, -0.05) is 6.92 Å². The molecule has 0 saturated carbocycles. The zero-order chi connectivity index (χ0) is 12.2. The molecule has 1 heterocycles. The predicted octanol–water partition coefficient (Wildman–Crippen LogP) is -0.174. The van der Waals surface area contributed by atoms with Gasteiger partial charge >= 0.3 is 0 Å². The maximum absolute atomic E-state index is 11.9. The Kier molecular flexibility index (Phi) is 4.45. The van der Waals surface area contributed by atoms with Crippen LogP contribution in [0.3, 0.4) is 0 Å². The summed E-state index contributed by atoms with van der Waals surface area (Å²) in [6.45, 7) is 2.39. The van der Waals surface area contributed by atoms with Gasteiger partial charge in [-0.05, 0) is 19.4 Å². The van der Waals surface area contributed by atoms with Crippen LogP contribution in [0.4, 0.5) is 0 Å². The van der Waals surface area contributed by atoms with Crippen molar-refractivity contribution >= 4 is 10.0 Å². The van der Waals surface area contributed by atoms with E-state index in [1.165, 1.54) is 17.1 Å². The Hall–Kier alpha value is -0.920. The zero-order valence-electron chi connectivity index (χ0n) is 9.55. The minimum atomic E-state index is -3.46. The lowest BCUT2D eigenvalue weighted by Crippen LogP contribution is -2.35. The van der Waals surface area contributed by atoms with Gasteiger partial charge in [0.15, 0.2) is 0 Å². The lowest BCUT2D eigenvalue weighted by Gasteiger charge is -2.14. The van der Waals surface area contributed by atoms with Crippen LogP contribution in [0.25, 0.3) is 0 Å². The summed E-state index contributed by atoms with van der Waals surface area (Å²) >= 11 is 0. The van der Waals surface area contributed by atoms with Crippen LogP contribution in [-0.4, -0.2) is 30.8 Å². The van der Waals surface area contributed by atoms with Crippen LogP contribution in [0, 0.1) is 0 Å². The van der Waals surface area contributed by atoms with Crippen molar-refractivity contribution in [1.82, 2.24) is 14.5 Å². The molecule has 7 heteroatoms. The van der Waals surface area contributed by atoms with Gasteiger partial charge in [-0.25, -0.2) is 13.1 Å². The molecule has 0 amide bonds. The molecule has 0 aliphatic heterocycles. The van der Waals surface area contributed by atoms with Gasteiger partial charge in [0.1, 0.15) is 4.90 Å². The summed E-state index contributed by atoms with van der Waals surface area (Å²) in [5, 5.41) is 3.83. The SMILES string of the molecule is CCC(CCN)NS(=O)(=O)c1cnn(C)c1. The first-order valence-electron chi connectivity index (χ1n) is 5.20. The van der Waals surface area contributed by atoms with Crippen LogP contribution in [0.15, 0.2) is 17.3 Å². The third-order valence-corrected chi connectivity index (χ3v) is 3.80. The first kappa shape index (κ1) is 13.1. The van der Waals surface area contributed by atoms with Gasteiger partial charge in [0.05, 0.1) is 6.20 Å². The number of aromatic nitrogens is 2. The molecule has 1 aromatic rings. The Morgan fingerprint density at radius 1 is 1.62 bits per heavy atom. The molecule has 0 saturated heterocycles. The van der Waals surface area contributed by atoms with Crippen LogP contribution in [-0.2, 0) is 17.1 Å². The molecule has 0 radical (unpaired) electrons. The Labute approximate surface area is 95.9 Å². The number of sulfonamides is 1. The molecule has 1 atom stereocenters. The van der Waals surface area contributed by atoms with Crippen LogP contribution in [0.5, 0.6) is 0 Å². The van der Waals surface area contributed by atoms with E-state index < -0.39 is 10.0 Å². The van der Waals surface area contributed by atoms with Gasteiger partial charge < -0.3 is 5.73 Å². The van der Waals surface area contributed by atoms with E-state index in [2.05, 4.69) is 9.82 Å². The molecule has 3 N–H and O–H groups in total. The Balaban J connectivity index is 2.78. The summed E-state index contributed by atoms with van der Waals surface area (Å²) in [7, 11) is -1.79. The highest BCUT2D eigenvalue weighted by molar-refractivity contribution is 7.89. The van der Waals surface area contributed by atoms with Crippen LogP contribution < -0.4 is 10.5 Å². The minimum absolute atomic E-state index is 0.116. The van der Waals surface area contributed by atoms with Crippen LogP contribution >= 0.6 is 0 Å². The van der Waals surface area contributed by atoms with Crippen molar-refractivity contribution in [3.05, 3.63) is 12.4 Å². The Morgan fingerprint density at radius 2 is 2.31 bits per heavy atom. The number of nitrogens with two attached hydrogens (primary N) is 1. The van der Waals surface area contributed by atoms with Gasteiger partial charge in [-0.2, -0.15) is 5.10 Å². The largest absolute Gasteiger partial charge is 0.330 e. The van der Waals surface area contributed by atoms with E-state index >= 15 is 0 Å². The highest BCUT2D eigenvalue weighted by Gasteiger charge is 2.19. The lowest BCUT2D eigenvalue weighted by atomic mass is 10.2. The molecule has 1 unspecified atom stereocenters. The van der Waals surface area contributed by atoms with Crippen LogP contribution in [0.1, 0.15) is 19.8 Å². The van der Waals surface area contributed by atoms with E-state index in [0.717, 1.165) is 6.42 Å². The number of rotatable bonds is 6. The van der Waals surface area contributed by atoms with E-state index in [9.17, 15) is 8.42 Å². The Bertz CT molecular complexity index is 426. The lowest BCUT2D eigenvalue weighted by molar-refractivity contribution is 0.521. The second kappa shape index (κ2) is 5.42. The fraction of sp³-hybridized carbons (Fsp3) is 0.667. The minimum Gasteiger partial charge on any atom is -0.330 e. The third kappa shape index (κ3) is 3.29. The molecular formula is C9H18N4O2S. The van der Waals surface area contributed by atoms with Gasteiger partial charge in [0, 0.05) is 19.3 Å². The maximum Gasteiger partial charge on any atom is 0.243 e. The quantitative estimate of drug-likeness (QED) is 0.729. The number of hydrogen-bond donors (Lipinski definition) is 2. The number of aryl methyl sites for hydroxylation is 1. The molecular weight excluding hydrogens is 228 g/mol. The average molecular weight is 246 g/mol. The molecule has 0 fully saturated rings. The van der Waals surface area contributed by atoms with Crippen molar-refractivity contribution in [3.63, 3.8) is 0 Å². The molecule has 0 aromatic carbocycles. The highest BCUT2D eigenvalue weighted by atomic mass is 32.2. The van der Waals surface area contributed by atoms with Gasteiger partial charge in [-0.3, -0.25) is 4.68 Å². The molecule has 0 spiro atoms. The summed E-state index contributed by atoms with van der Waals surface area (Å²) < 4.78 is 27.8. The molecule has 0 aliphatic carbocycles. The highest BCUT2D eigenvalue weighted by Crippen LogP contribution is 2.09. The number of nitrogens with zero attached hydrogens (tertiary/aromatic N) is 2. The second-order valence-corrected chi connectivity index (χ2v) is 5.37. The second-order valence-electron chi connectivity index (χ2n) is 3.65. The molecule has 0 bridgehead atoms. The zero-order valence-corrected chi connectivity index (χ0v) is 10.4. The van der Waals surface area contributed by atoms with Gasteiger partial charge in [0.2, 0.25) is 10.0 Å². The smallest absolute Gasteiger partial charge is 0.243 e. The predicted molar refractivity (Wildman–Crippen MR) is 61.3 cm³/mol. The normalized spacial score (nSPS) is 13.9. The average Bonchev–Trinajstić information content (AvgIpc) is 2.64.